The molecule has 2 aromatic rings. The van der Waals surface area contributed by atoms with Gasteiger partial charge in [0.2, 0.25) is 0 Å². The topological polar surface area (TPSA) is 33.2 Å². The fourth-order valence-electron chi connectivity index (χ4n) is 2.03. The summed E-state index contributed by atoms with van der Waals surface area (Å²) >= 11 is 0. The number of fused-ring (bicyclic) bond motifs is 1. The van der Waals surface area contributed by atoms with Crippen LogP contribution < -0.4 is 10.4 Å². The van der Waals surface area contributed by atoms with Gasteiger partial charge in [-0.25, -0.2) is 0 Å². The first kappa shape index (κ1) is 11.6. The summed E-state index contributed by atoms with van der Waals surface area (Å²) in [6.45, 7) is 1.58. The maximum absolute atomic E-state index is 11.6. The van der Waals surface area contributed by atoms with E-state index < -0.39 is 0 Å². The molecule has 4 heteroatoms. The zero-order chi connectivity index (χ0) is 12.6. The number of nitrogens with zero attached hydrogens (tertiary/aromatic N) is 2. The Morgan fingerprint density at radius 3 is 2.65 bits per heavy atom. The average Bonchev–Trinajstić information content (AvgIpc) is 2.26. The average molecular weight is 226 g/mol. The van der Waals surface area contributed by atoms with E-state index >= 15 is 0 Å². The standard InChI is InChI=1S/C13H15BN2O/c1-8(17)11-7-15-12-5-4-9(14)6-10(12)13(11)16(2)3/h4-7H,14H2,1-3H3. The zero-order valence-corrected chi connectivity index (χ0v) is 10.6. The van der Waals surface area contributed by atoms with Crippen molar-refractivity contribution in [1.82, 2.24) is 4.98 Å². The summed E-state index contributed by atoms with van der Waals surface area (Å²) in [5, 5.41) is 1.03. The summed E-state index contributed by atoms with van der Waals surface area (Å²) < 4.78 is 0. The van der Waals surface area contributed by atoms with E-state index in [1.54, 1.807) is 13.1 Å². The van der Waals surface area contributed by atoms with Gasteiger partial charge in [0, 0.05) is 25.7 Å². The third-order valence-electron chi connectivity index (χ3n) is 2.82. The van der Waals surface area contributed by atoms with Crippen LogP contribution in [0.2, 0.25) is 0 Å². The number of Topliss-reactive ketones (excluding diaryl/α,β-unsaturated/α-hetero) is 1. The molecule has 0 N–H and O–H groups in total. The van der Waals surface area contributed by atoms with Gasteiger partial charge in [-0.1, -0.05) is 17.6 Å². The lowest BCUT2D eigenvalue weighted by molar-refractivity contribution is 0.101. The first-order valence-corrected chi connectivity index (χ1v) is 5.58. The van der Waals surface area contributed by atoms with E-state index in [9.17, 15) is 4.79 Å². The van der Waals surface area contributed by atoms with Crippen molar-refractivity contribution in [3.8, 4) is 0 Å². The van der Waals surface area contributed by atoms with Crippen LogP contribution in [0.25, 0.3) is 10.9 Å². The first-order chi connectivity index (χ1) is 8.00. The Morgan fingerprint density at radius 1 is 1.35 bits per heavy atom. The molecule has 17 heavy (non-hydrogen) atoms. The minimum atomic E-state index is 0.0459. The number of hydrogen-bond acceptors (Lipinski definition) is 3. The molecular formula is C13H15BN2O. The molecule has 0 amide bonds. The molecule has 0 saturated heterocycles. The summed E-state index contributed by atoms with van der Waals surface area (Å²) in [7, 11) is 5.94. The van der Waals surface area contributed by atoms with E-state index in [1.165, 1.54) is 5.46 Å². The minimum Gasteiger partial charge on any atom is -0.376 e. The van der Waals surface area contributed by atoms with E-state index in [1.807, 2.05) is 39.0 Å². The van der Waals surface area contributed by atoms with Crippen molar-refractivity contribution < 1.29 is 4.79 Å². The third-order valence-corrected chi connectivity index (χ3v) is 2.82. The second-order valence-electron chi connectivity index (χ2n) is 4.49. The summed E-state index contributed by atoms with van der Waals surface area (Å²) in [5.74, 6) is 0.0459. The van der Waals surface area contributed by atoms with Gasteiger partial charge >= 0.3 is 0 Å². The van der Waals surface area contributed by atoms with Crippen LogP contribution in [-0.4, -0.2) is 32.7 Å². The Labute approximate surface area is 102 Å². The molecule has 0 spiro atoms. The van der Waals surface area contributed by atoms with Crippen LogP contribution in [0.4, 0.5) is 5.69 Å². The number of carbonyl (C=O) groups is 1. The predicted octanol–water partition coefficient (Wildman–Crippen LogP) is 0.762. The number of benzene rings is 1. The van der Waals surface area contributed by atoms with E-state index in [0.717, 1.165) is 16.6 Å². The van der Waals surface area contributed by atoms with Gasteiger partial charge in [0.25, 0.3) is 0 Å². The van der Waals surface area contributed by atoms with Crippen LogP contribution in [0.3, 0.4) is 0 Å². The highest BCUT2D eigenvalue weighted by Crippen LogP contribution is 2.27. The molecule has 0 saturated carbocycles. The number of pyridine rings is 1. The monoisotopic (exact) mass is 226 g/mol. The van der Waals surface area contributed by atoms with Gasteiger partial charge in [-0.2, -0.15) is 0 Å². The maximum Gasteiger partial charge on any atom is 0.163 e. The Bertz CT molecular complexity index is 593. The largest absolute Gasteiger partial charge is 0.376 e. The number of carbonyl (C=O) groups excluding carboxylic acids is 1. The van der Waals surface area contributed by atoms with E-state index in [-0.39, 0.29) is 5.78 Å². The van der Waals surface area contributed by atoms with Crippen LogP contribution in [-0.2, 0) is 0 Å². The van der Waals surface area contributed by atoms with Gasteiger partial charge in [0.05, 0.1) is 16.8 Å². The fraction of sp³-hybridized carbons (Fsp3) is 0.231. The second-order valence-corrected chi connectivity index (χ2v) is 4.49. The predicted molar refractivity (Wildman–Crippen MR) is 74.3 cm³/mol. The van der Waals surface area contributed by atoms with Crippen molar-refractivity contribution >= 4 is 35.7 Å². The van der Waals surface area contributed by atoms with E-state index in [0.29, 0.717) is 5.56 Å². The Balaban J connectivity index is 2.87. The molecular weight excluding hydrogens is 211 g/mol. The molecule has 1 aromatic carbocycles. The molecule has 0 unspecified atom stereocenters. The number of hydrogen-bond donors (Lipinski definition) is 0. The van der Waals surface area contributed by atoms with Gasteiger partial charge in [0.15, 0.2) is 5.78 Å². The van der Waals surface area contributed by atoms with Crippen molar-refractivity contribution in [3.05, 3.63) is 30.0 Å². The second kappa shape index (κ2) is 4.20. The third kappa shape index (κ3) is 2.03. The highest BCUT2D eigenvalue weighted by Gasteiger charge is 2.13. The van der Waals surface area contributed by atoms with Gasteiger partial charge in [-0.15, -0.1) is 0 Å². The van der Waals surface area contributed by atoms with E-state index in [4.69, 9.17) is 0 Å². The van der Waals surface area contributed by atoms with Crippen LogP contribution in [0.1, 0.15) is 17.3 Å². The number of anilines is 1. The summed E-state index contributed by atoms with van der Waals surface area (Å²) in [5.41, 5.74) is 3.71. The highest BCUT2D eigenvalue weighted by atomic mass is 16.1. The summed E-state index contributed by atoms with van der Waals surface area (Å²) in [6, 6.07) is 6.09. The quantitative estimate of drug-likeness (QED) is 0.560. The van der Waals surface area contributed by atoms with Crippen LogP contribution in [0, 0.1) is 0 Å². The SMILES string of the molecule is Bc1ccc2ncc(C(C)=O)c(N(C)C)c2c1. The maximum atomic E-state index is 11.6. The number of ketones is 1. The molecule has 0 aliphatic heterocycles. The highest BCUT2D eigenvalue weighted by molar-refractivity contribution is 6.33. The molecule has 2 rings (SSSR count). The molecule has 0 fully saturated rings. The molecule has 1 aromatic heterocycles. The van der Waals surface area contributed by atoms with Gasteiger partial charge in [-0.05, 0) is 13.0 Å². The molecule has 1 heterocycles. The Kier molecular flexibility index (Phi) is 2.88. The summed E-state index contributed by atoms with van der Waals surface area (Å²) in [6.07, 6.45) is 1.66. The molecule has 0 radical (unpaired) electrons. The van der Waals surface area contributed by atoms with Crippen molar-refractivity contribution in [2.75, 3.05) is 19.0 Å². The van der Waals surface area contributed by atoms with Gasteiger partial charge in [0.1, 0.15) is 7.85 Å². The first-order valence-electron chi connectivity index (χ1n) is 5.58. The lowest BCUT2D eigenvalue weighted by atomic mass is 9.93. The fourth-order valence-corrected chi connectivity index (χ4v) is 2.03. The smallest absolute Gasteiger partial charge is 0.163 e. The zero-order valence-electron chi connectivity index (χ0n) is 10.6. The van der Waals surface area contributed by atoms with Crippen LogP contribution >= 0.6 is 0 Å². The summed E-state index contributed by atoms with van der Waals surface area (Å²) in [4.78, 5) is 17.9. The van der Waals surface area contributed by atoms with Crippen LogP contribution in [0.5, 0.6) is 0 Å². The lowest BCUT2D eigenvalue weighted by Crippen LogP contribution is -2.15. The van der Waals surface area contributed by atoms with Crippen LogP contribution in [0.15, 0.2) is 24.4 Å². The molecule has 86 valence electrons. The van der Waals surface area contributed by atoms with Gasteiger partial charge in [-0.3, -0.25) is 9.78 Å². The lowest BCUT2D eigenvalue weighted by Gasteiger charge is -2.18. The van der Waals surface area contributed by atoms with Crippen molar-refractivity contribution in [1.29, 1.82) is 0 Å². The molecule has 0 aliphatic carbocycles. The number of aromatic nitrogens is 1. The molecule has 0 atom stereocenters. The molecule has 0 aliphatic rings. The minimum absolute atomic E-state index is 0.0459. The Hall–Kier alpha value is -1.84. The van der Waals surface area contributed by atoms with Crippen molar-refractivity contribution in [2.24, 2.45) is 0 Å². The van der Waals surface area contributed by atoms with E-state index in [2.05, 4.69) is 11.1 Å². The normalized spacial score (nSPS) is 10.5. The molecule has 3 nitrogen and oxygen atoms in total. The molecule has 0 bridgehead atoms. The van der Waals surface area contributed by atoms with Gasteiger partial charge < -0.3 is 4.90 Å². The Morgan fingerprint density at radius 2 is 2.06 bits per heavy atom. The number of rotatable bonds is 2. The van der Waals surface area contributed by atoms with Crippen molar-refractivity contribution in [2.45, 2.75) is 6.92 Å². The van der Waals surface area contributed by atoms with Crippen molar-refractivity contribution in [3.63, 3.8) is 0 Å².